The molecule has 2 aromatic carbocycles. The summed E-state index contributed by atoms with van der Waals surface area (Å²) in [7, 11) is 0. The van der Waals surface area contributed by atoms with Crippen molar-refractivity contribution in [2.75, 3.05) is 0 Å². The minimum absolute atomic E-state index is 0.314. The summed E-state index contributed by atoms with van der Waals surface area (Å²) >= 11 is 1.55. The van der Waals surface area contributed by atoms with Crippen LogP contribution in [0.1, 0.15) is 18.2 Å². The molecule has 0 saturated carbocycles. The maximum atomic E-state index is 13.4. The highest BCUT2D eigenvalue weighted by molar-refractivity contribution is 7.98. The van der Waals surface area contributed by atoms with Crippen LogP contribution in [0, 0.1) is 12.7 Å². The first kappa shape index (κ1) is 18.4. The van der Waals surface area contributed by atoms with Gasteiger partial charge in [-0.2, -0.15) is 0 Å². The first-order valence-corrected chi connectivity index (χ1v) is 9.96. The molecule has 0 unspecified atom stereocenters. The molecule has 0 saturated heterocycles. The molecule has 2 heterocycles. The molecular formula is C21H19FN4OS. The third-order valence-corrected chi connectivity index (χ3v) is 5.28. The third kappa shape index (κ3) is 3.84. The fourth-order valence-electron chi connectivity index (χ4n) is 2.94. The van der Waals surface area contributed by atoms with Crippen LogP contribution in [-0.4, -0.2) is 19.7 Å². The van der Waals surface area contributed by atoms with E-state index in [0.717, 1.165) is 28.8 Å². The number of nitrogens with zero attached hydrogens (tertiary/aromatic N) is 4. The van der Waals surface area contributed by atoms with E-state index in [2.05, 4.69) is 45.7 Å². The summed E-state index contributed by atoms with van der Waals surface area (Å²) in [6.45, 7) is 4.91. The smallest absolute Gasteiger partial charge is 0.226 e. The number of oxazole rings is 1. The van der Waals surface area contributed by atoms with Crippen molar-refractivity contribution in [1.82, 2.24) is 19.7 Å². The lowest BCUT2D eigenvalue weighted by atomic mass is 10.1. The average Bonchev–Trinajstić information content (AvgIpc) is 3.33. The number of aryl methyl sites for hydroxylation is 1. The van der Waals surface area contributed by atoms with Crippen LogP contribution in [-0.2, 0) is 12.3 Å². The standard InChI is InChI=1S/C21H19FN4OS/c1-3-26-19(15-7-4-6-14(2)10-15)24-25-21(26)28-13-18-12-27-20(23-18)16-8-5-9-17(22)11-16/h4-12H,3,13H2,1-2H3. The normalized spacial score (nSPS) is 11.1. The van der Waals surface area contributed by atoms with Gasteiger partial charge in [-0.1, -0.05) is 41.6 Å². The van der Waals surface area contributed by atoms with Crippen LogP contribution >= 0.6 is 11.8 Å². The Bertz CT molecular complexity index is 1110. The predicted molar refractivity (Wildman–Crippen MR) is 107 cm³/mol. The molecule has 4 aromatic rings. The predicted octanol–water partition coefficient (Wildman–Crippen LogP) is 5.36. The van der Waals surface area contributed by atoms with Crippen molar-refractivity contribution >= 4 is 11.8 Å². The van der Waals surface area contributed by atoms with Gasteiger partial charge in [-0.05, 0) is 38.1 Å². The van der Waals surface area contributed by atoms with E-state index in [9.17, 15) is 4.39 Å². The maximum absolute atomic E-state index is 13.4. The summed E-state index contributed by atoms with van der Waals surface area (Å²) in [5.74, 6) is 1.54. The molecule has 7 heteroatoms. The van der Waals surface area contributed by atoms with Crippen molar-refractivity contribution in [3.05, 3.63) is 71.9 Å². The Morgan fingerprint density at radius 2 is 1.89 bits per heavy atom. The average molecular weight is 394 g/mol. The second-order valence-electron chi connectivity index (χ2n) is 6.36. The largest absolute Gasteiger partial charge is 0.444 e. The van der Waals surface area contributed by atoms with Crippen LogP contribution in [0.3, 0.4) is 0 Å². The van der Waals surface area contributed by atoms with Crippen LogP contribution in [0.4, 0.5) is 4.39 Å². The van der Waals surface area contributed by atoms with Gasteiger partial charge in [0.1, 0.15) is 12.1 Å². The Morgan fingerprint density at radius 1 is 1.07 bits per heavy atom. The highest BCUT2D eigenvalue weighted by Crippen LogP contribution is 2.28. The zero-order valence-electron chi connectivity index (χ0n) is 15.6. The van der Waals surface area contributed by atoms with E-state index in [4.69, 9.17) is 4.42 Å². The Kier molecular flexibility index (Phi) is 5.25. The van der Waals surface area contributed by atoms with Gasteiger partial charge in [0.15, 0.2) is 11.0 Å². The summed E-state index contributed by atoms with van der Waals surface area (Å²) in [4.78, 5) is 4.46. The van der Waals surface area contributed by atoms with Gasteiger partial charge in [-0.15, -0.1) is 10.2 Å². The van der Waals surface area contributed by atoms with Crippen molar-refractivity contribution < 1.29 is 8.81 Å². The zero-order chi connectivity index (χ0) is 19.5. The Balaban J connectivity index is 1.51. The number of hydrogen-bond acceptors (Lipinski definition) is 5. The monoisotopic (exact) mass is 394 g/mol. The van der Waals surface area contributed by atoms with E-state index < -0.39 is 0 Å². The van der Waals surface area contributed by atoms with E-state index in [0.29, 0.717) is 17.2 Å². The molecule has 0 aliphatic carbocycles. The van der Waals surface area contributed by atoms with Gasteiger partial charge in [0, 0.05) is 23.4 Å². The molecule has 0 radical (unpaired) electrons. The summed E-state index contributed by atoms with van der Waals surface area (Å²) in [6.07, 6.45) is 1.60. The summed E-state index contributed by atoms with van der Waals surface area (Å²) in [6, 6.07) is 14.4. The van der Waals surface area contributed by atoms with Crippen molar-refractivity contribution in [1.29, 1.82) is 0 Å². The van der Waals surface area contributed by atoms with Crippen molar-refractivity contribution in [3.63, 3.8) is 0 Å². The molecule has 28 heavy (non-hydrogen) atoms. The van der Waals surface area contributed by atoms with Crippen LogP contribution < -0.4 is 0 Å². The third-order valence-electron chi connectivity index (χ3n) is 4.28. The van der Waals surface area contributed by atoms with Crippen LogP contribution in [0.5, 0.6) is 0 Å². The van der Waals surface area contributed by atoms with Gasteiger partial charge in [0.2, 0.25) is 5.89 Å². The van der Waals surface area contributed by atoms with Crippen molar-refractivity contribution in [3.8, 4) is 22.8 Å². The van der Waals surface area contributed by atoms with E-state index >= 15 is 0 Å². The van der Waals surface area contributed by atoms with Gasteiger partial charge in [0.25, 0.3) is 0 Å². The molecule has 142 valence electrons. The number of thioether (sulfide) groups is 1. The van der Waals surface area contributed by atoms with E-state index in [1.54, 1.807) is 30.2 Å². The second-order valence-corrected chi connectivity index (χ2v) is 7.31. The Morgan fingerprint density at radius 3 is 2.68 bits per heavy atom. The van der Waals surface area contributed by atoms with Gasteiger partial charge < -0.3 is 8.98 Å². The Hall–Kier alpha value is -2.93. The van der Waals surface area contributed by atoms with Gasteiger partial charge in [-0.25, -0.2) is 9.37 Å². The highest BCUT2D eigenvalue weighted by atomic mass is 32.2. The number of benzene rings is 2. The number of halogens is 1. The summed E-state index contributed by atoms with van der Waals surface area (Å²) in [5.41, 5.74) is 3.63. The van der Waals surface area contributed by atoms with E-state index in [-0.39, 0.29) is 5.82 Å². The highest BCUT2D eigenvalue weighted by Gasteiger charge is 2.15. The zero-order valence-corrected chi connectivity index (χ0v) is 16.4. The molecule has 0 aliphatic rings. The van der Waals surface area contributed by atoms with Gasteiger partial charge >= 0.3 is 0 Å². The van der Waals surface area contributed by atoms with Crippen molar-refractivity contribution in [2.24, 2.45) is 0 Å². The molecule has 2 aromatic heterocycles. The van der Waals surface area contributed by atoms with Crippen LogP contribution in [0.25, 0.3) is 22.8 Å². The fourth-order valence-corrected chi connectivity index (χ4v) is 3.82. The minimum Gasteiger partial charge on any atom is -0.444 e. The van der Waals surface area contributed by atoms with E-state index in [1.165, 1.54) is 17.7 Å². The topological polar surface area (TPSA) is 56.7 Å². The van der Waals surface area contributed by atoms with Crippen molar-refractivity contribution in [2.45, 2.75) is 31.3 Å². The van der Waals surface area contributed by atoms with Crippen LogP contribution in [0.2, 0.25) is 0 Å². The lowest BCUT2D eigenvalue weighted by Gasteiger charge is -2.07. The number of rotatable bonds is 6. The van der Waals surface area contributed by atoms with E-state index in [1.807, 2.05) is 12.1 Å². The summed E-state index contributed by atoms with van der Waals surface area (Å²) in [5, 5.41) is 9.56. The molecule has 4 rings (SSSR count). The summed E-state index contributed by atoms with van der Waals surface area (Å²) < 4.78 is 21.0. The molecule has 0 bridgehead atoms. The first-order valence-electron chi connectivity index (χ1n) is 8.97. The molecule has 0 N–H and O–H groups in total. The van der Waals surface area contributed by atoms with Gasteiger partial charge in [-0.3, -0.25) is 0 Å². The van der Waals surface area contributed by atoms with Crippen LogP contribution in [0.15, 0.2) is 64.4 Å². The number of hydrogen-bond donors (Lipinski definition) is 0. The first-order chi connectivity index (χ1) is 13.6. The SMILES string of the molecule is CCn1c(SCc2coc(-c3cccc(F)c3)n2)nnc1-c1cccc(C)c1. The Labute approximate surface area is 166 Å². The second kappa shape index (κ2) is 7.98. The fraction of sp³-hybridized carbons (Fsp3) is 0.190. The molecule has 0 spiro atoms. The molecule has 5 nitrogen and oxygen atoms in total. The minimum atomic E-state index is -0.314. The lowest BCUT2D eigenvalue weighted by Crippen LogP contribution is -2.00. The molecule has 0 fully saturated rings. The maximum Gasteiger partial charge on any atom is 0.226 e. The molecule has 0 amide bonds. The molecule has 0 atom stereocenters. The van der Waals surface area contributed by atoms with Gasteiger partial charge in [0.05, 0.1) is 5.69 Å². The molecular weight excluding hydrogens is 375 g/mol. The quantitative estimate of drug-likeness (QED) is 0.412. The number of aromatic nitrogens is 4. The lowest BCUT2D eigenvalue weighted by molar-refractivity contribution is 0.571. The molecule has 0 aliphatic heterocycles.